The summed E-state index contributed by atoms with van der Waals surface area (Å²) in [7, 11) is 1.81. The molecule has 1 amide bonds. The molecule has 0 aliphatic rings. The maximum atomic E-state index is 12.9. The van der Waals surface area contributed by atoms with Crippen LogP contribution in [0.15, 0.2) is 54.6 Å². The molecule has 134 valence electrons. The Hall–Kier alpha value is -2.59. The first kappa shape index (κ1) is 18.2. The van der Waals surface area contributed by atoms with Crippen molar-refractivity contribution in [2.24, 2.45) is 0 Å². The number of carbonyl (C=O) groups is 1. The van der Waals surface area contributed by atoms with E-state index in [1.165, 1.54) is 0 Å². The second-order valence-corrected chi connectivity index (χ2v) is 6.65. The molecule has 0 N–H and O–H groups in total. The SMILES string of the molecule is Cc1cc(C(=O)N(C)CCCOc2ccc(Cl)cc2)c2ccccc2n1. The number of pyridine rings is 1. The predicted molar refractivity (Wildman–Crippen MR) is 105 cm³/mol. The Labute approximate surface area is 158 Å². The average molecular weight is 369 g/mol. The van der Waals surface area contributed by atoms with Crippen LogP contribution >= 0.6 is 11.6 Å². The van der Waals surface area contributed by atoms with E-state index in [9.17, 15) is 4.79 Å². The predicted octanol–water partition coefficient (Wildman–Crippen LogP) is 4.74. The van der Waals surface area contributed by atoms with Crippen LogP contribution in [0.4, 0.5) is 0 Å². The van der Waals surface area contributed by atoms with Gasteiger partial charge in [0.05, 0.1) is 17.7 Å². The van der Waals surface area contributed by atoms with Crippen LogP contribution in [0.3, 0.4) is 0 Å². The molecule has 0 bridgehead atoms. The molecule has 26 heavy (non-hydrogen) atoms. The van der Waals surface area contributed by atoms with E-state index in [4.69, 9.17) is 16.3 Å². The van der Waals surface area contributed by atoms with Gasteiger partial charge >= 0.3 is 0 Å². The Balaban J connectivity index is 1.60. The lowest BCUT2D eigenvalue weighted by Crippen LogP contribution is -2.29. The van der Waals surface area contributed by atoms with Crippen LogP contribution in [0.5, 0.6) is 5.75 Å². The van der Waals surface area contributed by atoms with E-state index in [-0.39, 0.29) is 5.91 Å². The second kappa shape index (κ2) is 8.19. The number of amides is 1. The maximum Gasteiger partial charge on any atom is 0.254 e. The van der Waals surface area contributed by atoms with Crippen LogP contribution in [0.2, 0.25) is 5.02 Å². The third-order valence-electron chi connectivity index (χ3n) is 4.14. The van der Waals surface area contributed by atoms with Crippen molar-refractivity contribution in [3.05, 3.63) is 70.9 Å². The largest absolute Gasteiger partial charge is 0.494 e. The average Bonchev–Trinajstić information content (AvgIpc) is 2.65. The van der Waals surface area contributed by atoms with E-state index < -0.39 is 0 Å². The normalized spacial score (nSPS) is 10.7. The van der Waals surface area contributed by atoms with Crippen molar-refractivity contribution in [3.63, 3.8) is 0 Å². The van der Waals surface area contributed by atoms with Crippen molar-refractivity contribution in [1.82, 2.24) is 9.88 Å². The number of aryl methyl sites for hydroxylation is 1. The van der Waals surface area contributed by atoms with E-state index in [1.807, 2.05) is 56.4 Å². The molecule has 0 radical (unpaired) electrons. The second-order valence-electron chi connectivity index (χ2n) is 6.21. The summed E-state index contributed by atoms with van der Waals surface area (Å²) in [5, 5.41) is 1.56. The smallest absolute Gasteiger partial charge is 0.254 e. The third-order valence-corrected chi connectivity index (χ3v) is 4.39. The summed E-state index contributed by atoms with van der Waals surface area (Å²) < 4.78 is 5.68. The fraction of sp³-hybridized carbons (Fsp3) is 0.238. The highest BCUT2D eigenvalue weighted by Crippen LogP contribution is 2.20. The number of ether oxygens (including phenoxy) is 1. The molecule has 0 fully saturated rings. The lowest BCUT2D eigenvalue weighted by atomic mass is 10.1. The van der Waals surface area contributed by atoms with E-state index in [0.29, 0.717) is 23.7 Å². The van der Waals surface area contributed by atoms with Gasteiger partial charge in [-0.3, -0.25) is 9.78 Å². The Morgan fingerprint density at radius 3 is 2.65 bits per heavy atom. The molecule has 0 atom stereocenters. The van der Waals surface area contributed by atoms with E-state index in [1.54, 1.807) is 17.0 Å². The Morgan fingerprint density at radius 2 is 1.88 bits per heavy atom. The Kier molecular flexibility index (Phi) is 5.74. The van der Waals surface area contributed by atoms with Crippen molar-refractivity contribution >= 4 is 28.4 Å². The molecule has 2 aromatic carbocycles. The van der Waals surface area contributed by atoms with Gasteiger partial charge < -0.3 is 9.64 Å². The molecule has 3 rings (SSSR count). The molecule has 4 nitrogen and oxygen atoms in total. The van der Waals surface area contributed by atoms with Crippen LogP contribution < -0.4 is 4.74 Å². The summed E-state index contributed by atoms with van der Waals surface area (Å²) in [5.74, 6) is 0.775. The lowest BCUT2D eigenvalue weighted by molar-refractivity contribution is 0.0789. The number of rotatable bonds is 6. The highest BCUT2D eigenvalue weighted by molar-refractivity contribution is 6.30. The molecular weight excluding hydrogens is 348 g/mol. The number of halogens is 1. The summed E-state index contributed by atoms with van der Waals surface area (Å²) in [4.78, 5) is 19.1. The van der Waals surface area contributed by atoms with Crippen molar-refractivity contribution in [1.29, 1.82) is 0 Å². The number of hydrogen-bond donors (Lipinski definition) is 0. The minimum atomic E-state index is -0.00167. The van der Waals surface area contributed by atoms with Gasteiger partial charge in [0.25, 0.3) is 5.91 Å². The van der Waals surface area contributed by atoms with E-state index >= 15 is 0 Å². The highest BCUT2D eigenvalue weighted by Gasteiger charge is 2.15. The molecule has 0 saturated heterocycles. The van der Waals surface area contributed by atoms with Crippen molar-refractivity contribution in [2.75, 3.05) is 20.2 Å². The number of fused-ring (bicyclic) bond motifs is 1. The molecule has 5 heteroatoms. The van der Waals surface area contributed by atoms with E-state index in [0.717, 1.165) is 28.8 Å². The Bertz CT molecular complexity index is 910. The maximum absolute atomic E-state index is 12.9. The number of carbonyl (C=O) groups excluding carboxylic acids is 1. The van der Waals surface area contributed by atoms with Gasteiger partial charge in [-0.05, 0) is 49.7 Å². The van der Waals surface area contributed by atoms with Crippen LogP contribution in [-0.4, -0.2) is 36.0 Å². The quantitative estimate of drug-likeness (QED) is 0.590. The van der Waals surface area contributed by atoms with Gasteiger partial charge in [0.15, 0.2) is 0 Å². The fourth-order valence-corrected chi connectivity index (χ4v) is 2.94. The fourth-order valence-electron chi connectivity index (χ4n) is 2.81. The van der Waals surface area contributed by atoms with Gasteiger partial charge in [0.2, 0.25) is 0 Å². The highest BCUT2D eigenvalue weighted by atomic mass is 35.5. The van der Waals surface area contributed by atoms with Crippen LogP contribution in [0.25, 0.3) is 10.9 Å². The number of benzene rings is 2. The molecule has 0 spiro atoms. The van der Waals surface area contributed by atoms with Crippen molar-refractivity contribution < 1.29 is 9.53 Å². The molecular formula is C21H21ClN2O2. The third kappa shape index (κ3) is 4.33. The zero-order chi connectivity index (χ0) is 18.5. The number of nitrogens with zero attached hydrogens (tertiary/aromatic N) is 2. The minimum Gasteiger partial charge on any atom is -0.494 e. The first-order valence-electron chi connectivity index (χ1n) is 8.55. The number of para-hydroxylation sites is 1. The molecule has 0 saturated carbocycles. The monoisotopic (exact) mass is 368 g/mol. The van der Waals surface area contributed by atoms with Gasteiger partial charge in [-0.1, -0.05) is 29.8 Å². The standard InChI is InChI=1S/C21H21ClN2O2/c1-15-14-19(18-6-3-4-7-20(18)23-15)21(25)24(2)12-5-13-26-17-10-8-16(22)9-11-17/h3-4,6-11,14H,5,12-13H2,1-2H3. The minimum absolute atomic E-state index is 0.00167. The molecule has 1 heterocycles. The van der Waals surface area contributed by atoms with Crippen LogP contribution in [0.1, 0.15) is 22.5 Å². The summed E-state index contributed by atoms with van der Waals surface area (Å²) >= 11 is 5.86. The summed E-state index contributed by atoms with van der Waals surface area (Å²) in [5.41, 5.74) is 2.37. The van der Waals surface area contributed by atoms with Gasteiger partial charge in [0.1, 0.15) is 5.75 Å². The van der Waals surface area contributed by atoms with Gasteiger partial charge in [-0.2, -0.15) is 0 Å². The zero-order valence-corrected chi connectivity index (χ0v) is 15.7. The molecule has 1 aromatic heterocycles. The summed E-state index contributed by atoms with van der Waals surface area (Å²) in [6.45, 7) is 3.06. The van der Waals surface area contributed by atoms with Crippen molar-refractivity contribution in [2.45, 2.75) is 13.3 Å². The molecule has 3 aromatic rings. The molecule has 0 aliphatic carbocycles. The van der Waals surface area contributed by atoms with Gasteiger partial charge in [-0.25, -0.2) is 0 Å². The number of aromatic nitrogens is 1. The number of hydrogen-bond acceptors (Lipinski definition) is 3. The molecule has 0 unspecified atom stereocenters. The van der Waals surface area contributed by atoms with Crippen molar-refractivity contribution in [3.8, 4) is 5.75 Å². The van der Waals surface area contributed by atoms with E-state index in [2.05, 4.69) is 4.98 Å². The summed E-state index contributed by atoms with van der Waals surface area (Å²) in [6, 6.07) is 16.8. The first-order valence-corrected chi connectivity index (χ1v) is 8.92. The molecule has 0 aliphatic heterocycles. The first-order chi connectivity index (χ1) is 12.5. The van der Waals surface area contributed by atoms with Crippen LogP contribution in [-0.2, 0) is 0 Å². The topological polar surface area (TPSA) is 42.4 Å². The van der Waals surface area contributed by atoms with Gasteiger partial charge in [0, 0.05) is 29.7 Å². The Morgan fingerprint density at radius 1 is 1.15 bits per heavy atom. The summed E-state index contributed by atoms with van der Waals surface area (Å²) in [6.07, 6.45) is 0.743. The lowest BCUT2D eigenvalue weighted by Gasteiger charge is -2.18. The van der Waals surface area contributed by atoms with Crippen LogP contribution in [0, 0.1) is 6.92 Å². The van der Waals surface area contributed by atoms with Gasteiger partial charge in [-0.15, -0.1) is 0 Å². The zero-order valence-electron chi connectivity index (χ0n) is 14.9.